The Balaban J connectivity index is 2.18. The maximum absolute atomic E-state index is 11.8. The van der Waals surface area contributed by atoms with Crippen molar-refractivity contribution in [2.45, 2.75) is 6.92 Å². The predicted molar refractivity (Wildman–Crippen MR) is 70.1 cm³/mol. The van der Waals surface area contributed by atoms with Crippen LogP contribution in [0.15, 0.2) is 0 Å². The number of carbonyl (C=O) groups is 1. The van der Waals surface area contributed by atoms with Crippen molar-refractivity contribution in [3.8, 4) is 0 Å². The highest BCUT2D eigenvalue weighted by Crippen LogP contribution is 2.01. The fourth-order valence-electron chi connectivity index (χ4n) is 1.91. The van der Waals surface area contributed by atoms with Crippen molar-refractivity contribution in [2.75, 3.05) is 66.5 Å². The lowest BCUT2D eigenvalue weighted by Gasteiger charge is -2.35. The fourth-order valence-corrected chi connectivity index (χ4v) is 1.91. The van der Waals surface area contributed by atoms with E-state index in [0.29, 0.717) is 6.54 Å². The summed E-state index contributed by atoms with van der Waals surface area (Å²) < 4.78 is 0. The molecule has 1 fully saturated rings. The second-order valence-corrected chi connectivity index (χ2v) is 4.81. The van der Waals surface area contributed by atoms with Crippen LogP contribution in [-0.2, 0) is 4.79 Å². The Morgan fingerprint density at radius 1 is 1.24 bits per heavy atom. The molecule has 1 aliphatic heterocycles. The van der Waals surface area contributed by atoms with Gasteiger partial charge in [-0.1, -0.05) is 6.92 Å². The summed E-state index contributed by atoms with van der Waals surface area (Å²) in [7, 11) is 4.19. The third kappa shape index (κ3) is 5.48. The highest BCUT2D eigenvalue weighted by atomic mass is 16.2. The molecule has 0 spiro atoms. The maximum atomic E-state index is 11.8. The van der Waals surface area contributed by atoms with Crippen molar-refractivity contribution in [1.29, 1.82) is 0 Å². The van der Waals surface area contributed by atoms with Gasteiger partial charge < -0.3 is 15.1 Å². The predicted octanol–water partition coefficient (Wildman–Crippen LogP) is -0.698. The summed E-state index contributed by atoms with van der Waals surface area (Å²) >= 11 is 0. The van der Waals surface area contributed by atoms with Crippen molar-refractivity contribution >= 4 is 5.91 Å². The minimum absolute atomic E-state index is 0.235. The van der Waals surface area contributed by atoms with Crippen molar-refractivity contribution < 1.29 is 4.79 Å². The van der Waals surface area contributed by atoms with Crippen molar-refractivity contribution in [3.63, 3.8) is 0 Å². The largest absolute Gasteiger partial charge is 0.339 e. The molecular weight excluding hydrogens is 216 g/mol. The van der Waals surface area contributed by atoms with Crippen LogP contribution in [0.4, 0.5) is 0 Å². The molecule has 0 radical (unpaired) electrons. The van der Waals surface area contributed by atoms with Gasteiger partial charge in [0.25, 0.3) is 0 Å². The molecule has 1 amide bonds. The quantitative estimate of drug-likeness (QED) is 0.669. The number of amides is 1. The highest BCUT2D eigenvalue weighted by molar-refractivity contribution is 5.78. The van der Waals surface area contributed by atoms with E-state index in [1.165, 1.54) is 0 Å². The minimum Gasteiger partial charge on any atom is -0.339 e. The summed E-state index contributed by atoms with van der Waals surface area (Å²) in [5.74, 6) is 0.235. The molecule has 1 aliphatic rings. The Hall–Kier alpha value is -0.650. The van der Waals surface area contributed by atoms with Crippen LogP contribution in [0.1, 0.15) is 6.92 Å². The van der Waals surface area contributed by atoms with Crippen LogP contribution >= 0.6 is 0 Å². The van der Waals surface area contributed by atoms with Crippen LogP contribution < -0.4 is 5.32 Å². The van der Waals surface area contributed by atoms with Gasteiger partial charge in [-0.3, -0.25) is 9.69 Å². The van der Waals surface area contributed by atoms with E-state index in [1.807, 2.05) is 11.8 Å². The van der Waals surface area contributed by atoms with E-state index in [4.69, 9.17) is 0 Å². The summed E-state index contributed by atoms with van der Waals surface area (Å²) in [5, 5.41) is 3.09. The summed E-state index contributed by atoms with van der Waals surface area (Å²) in [5.41, 5.74) is 0. The Morgan fingerprint density at radius 3 is 2.41 bits per heavy atom. The number of hydrogen-bond donors (Lipinski definition) is 1. The molecule has 0 aromatic heterocycles. The zero-order valence-electron chi connectivity index (χ0n) is 11.4. The normalized spacial score (nSPS) is 17.8. The van der Waals surface area contributed by atoms with Gasteiger partial charge in [0, 0.05) is 39.3 Å². The maximum Gasteiger partial charge on any atom is 0.236 e. The van der Waals surface area contributed by atoms with E-state index >= 15 is 0 Å². The van der Waals surface area contributed by atoms with Crippen LogP contribution in [0, 0.1) is 0 Å². The number of hydrogen-bond acceptors (Lipinski definition) is 4. The van der Waals surface area contributed by atoms with E-state index in [0.717, 1.165) is 45.8 Å². The highest BCUT2D eigenvalue weighted by Gasteiger charge is 2.20. The Bertz CT molecular complexity index is 225. The zero-order valence-corrected chi connectivity index (χ0v) is 11.4. The van der Waals surface area contributed by atoms with Gasteiger partial charge in [-0.25, -0.2) is 0 Å². The smallest absolute Gasteiger partial charge is 0.236 e. The molecule has 5 heteroatoms. The Labute approximate surface area is 105 Å². The second-order valence-electron chi connectivity index (χ2n) is 4.81. The number of rotatable bonds is 6. The van der Waals surface area contributed by atoms with E-state index in [1.54, 1.807) is 0 Å². The lowest BCUT2D eigenvalue weighted by molar-refractivity contribution is -0.131. The van der Waals surface area contributed by atoms with Crippen LogP contribution in [0.2, 0.25) is 0 Å². The molecule has 1 heterocycles. The number of carbonyl (C=O) groups excluding carboxylic acids is 1. The number of likely N-dealkylation sites (N-methyl/N-ethyl adjacent to an activating group) is 2. The van der Waals surface area contributed by atoms with Crippen molar-refractivity contribution in [1.82, 2.24) is 20.0 Å². The van der Waals surface area contributed by atoms with Crippen LogP contribution in [0.5, 0.6) is 0 Å². The van der Waals surface area contributed by atoms with Gasteiger partial charge in [0.2, 0.25) is 5.91 Å². The number of nitrogens with zero attached hydrogens (tertiary/aromatic N) is 3. The molecule has 1 rings (SSSR count). The van der Waals surface area contributed by atoms with E-state index < -0.39 is 0 Å². The average molecular weight is 242 g/mol. The molecule has 1 N–H and O–H groups in total. The van der Waals surface area contributed by atoms with Gasteiger partial charge in [0.1, 0.15) is 0 Å². The lowest BCUT2D eigenvalue weighted by Crippen LogP contribution is -2.51. The summed E-state index contributed by atoms with van der Waals surface area (Å²) in [6.07, 6.45) is 0. The first-order chi connectivity index (χ1) is 8.13. The monoisotopic (exact) mass is 242 g/mol. The topological polar surface area (TPSA) is 38.8 Å². The molecule has 1 saturated heterocycles. The van der Waals surface area contributed by atoms with Gasteiger partial charge in [0.05, 0.1) is 6.54 Å². The van der Waals surface area contributed by atoms with Crippen LogP contribution in [-0.4, -0.2) is 87.1 Å². The number of nitrogens with one attached hydrogen (secondary N) is 1. The molecule has 0 aromatic rings. The molecule has 17 heavy (non-hydrogen) atoms. The Morgan fingerprint density at radius 2 is 1.88 bits per heavy atom. The van der Waals surface area contributed by atoms with Crippen LogP contribution in [0.3, 0.4) is 0 Å². The minimum atomic E-state index is 0.235. The third-order valence-electron chi connectivity index (χ3n) is 3.11. The second kappa shape index (κ2) is 7.63. The molecule has 0 saturated carbocycles. The van der Waals surface area contributed by atoms with Crippen LogP contribution in [0.25, 0.3) is 0 Å². The lowest BCUT2D eigenvalue weighted by atomic mass is 10.3. The van der Waals surface area contributed by atoms with Crippen molar-refractivity contribution in [2.24, 2.45) is 0 Å². The van der Waals surface area contributed by atoms with Gasteiger partial charge in [-0.15, -0.1) is 0 Å². The van der Waals surface area contributed by atoms with Crippen molar-refractivity contribution in [3.05, 3.63) is 0 Å². The first-order valence-corrected chi connectivity index (χ1v) is 6.49. The average Bonchev–Trinajstić information content (AvgIpc) is 2.34. The summed E-state index contributed by atoms with van der Waals surface area (Å²) in [6, 6.07) is 0. The molecule has 0 atom stereocenters. The van der Waals surface area contributed by atoms with Gasteiger partial charge in [0.15, 0.2) is 0 Å². The van der Waals surface area contributed by atoms with E-state index in [2.05, 4.69) is 29.2 Å². The zero-order chi connectivity index (χ0) is 12.7. The molecule has 0 aliphatic carbocycles. The molecule has 5 nitrogen and oxygen atoms in total. The summed E-state index contributed by atoms with van der Waals surface area (Å²) in [6.45, 7) is 9.30. The van der Waals surface area contributed by atoms with Gasteiger partial charge in [-0.2, -0.15) is 0 Å². The van der Waals surface area contributed by atoms with Gasteiger partial charge in [-0.05, 0) is 20.6 Å². The van der Waals surface area contributed by atoms with E-state index in [9.17, 15) is 4.79 Å². The molecule has 100 valence electrons. The first-order valence-electron chi connectivity index (χ1n) is 6.49. The standard InChI is InChI=1S/C12H26N4O/c1-4-13-11-12(17)16-9-7-15(8-10-16)6-5-14(2)3/h13H,4-11H2,1-3H3. The molecule has 0 unspecified atom stereocenters. The third-order valence-corrected chi connectivity index (χ3v) is 3.11. The fraction of sp³-hybridized carbons (Fsp3) is 0.917. The molecular formula is C12H26N4O. The Kier molecular flexibility index (Phi) is 6.47. The van der Waals surface area contributed by atoms with E-state index in [-0.39, 0.29) is 5.91 Å². The SMILES string of the molecule is CCNCC(=O)N1CCN(CCN(C)C)CC1. The molecule has 0 aromatic carbocycles. The first kappa shape index (κ1) is 14.4. The molecule has 0 bridgehead atoms. The summed E-state index contributed by atoms with van der Waals surface area (Å²) in [4.78, 5) is 18.4. The van der Waals surface area contributed by atoms with Gasteiger partial charge >= 0.3 is 0 Å². The number of piperazine rings is 1.